The van der Waals surface area contributed by atoms with Gasteiger partial charge in [0.1, 0.15) is 11.0 Å². The first-order chi connectivity index (χ1) is 33.9. The van der Waals surface area contributed by atoms with Gasteiger partial charge in [0.15, 0.2) is 0 Å². The number of hydrogen-bond donors (Lipinski definition) is 0. The Morgan fingerprint density at radius 3 is 1.49 bits per heavy atom. The van der Waals surface area contributed by atoms with Crippen LogP contribution in [-0.4, -0.2) is 4.57 Å². The van der Waals surface area contributed by atoms with E-state index in [4.69, 9.17) is 4.42 Å². The molecule has 2 aromatic heterocycles. The van der Waals surface area contributed by atoms with Gasteiger partial charge in [-0.25, -0.2) is 0 Å². The van der Waals surface area contributed by atoms with Crippen molar-refractivity contribution in [1.82, 2.24) is 4.57 Å². The number of anilines is 3. The summed E-state index contributed by atoms with van der Waals surface area (Å²) in [6.45, 7) is 18.6. The van der Waals surface area contributed by atoms with Crippen LogP contribution >= 0.6 is 0 Å². The van der Waals surface area contributed by atoms with E-state index in [2.05, 4.69) is 255 Å². The molecule has 0 N–H and O–H groups in total. The fraction of sp³-hybridized carbons (Fsp3) is 0.121. The highest BCUT2D eigenvalue weighted by Gasteiger charge is 2.22. The molecule has 0 fully saturated rings. The van der Waals surface area contributed by atoms with Gasteiger partial charge in [0.05, 0.1) is 11.2 Å². The maximum absolute atomic E-state index is 6.53. The van der Waals surface area contributed by atoms with E-state index >= 15 is 0 Å². The molecule has 69 heavy (non-hydrogen) atoms. The SMILES string of the molecule is C=Cc1c(/C=C\C)n(-c2ccc(-c3ccc(N(c4ccc(-c5ccc(-c6ccccc6)cc5)cc4)c4ccc(-c5cccc6c7c(oc56)=CC(C)(C)C=7)cc4)cc3)cc2)c2ccccc12.CC.CC. The number of para-hydroxylation sites is 2. The number of hydrogen-bond acceptors (Lipinski definition) is 2. The number of rotatable bonds is 10. The summed E-state index contributed by atoms with van der Waals surface area (Å²) in [5.41, 5.74) is 19.0. The topological polar surface area (TPSA) is 21.3 Å². The van der Waals surface area contributed by atoms with Crippen molar-refractivity contribution in [2.24, 2.45) is 5.41 Å². The molecule has 0 aliphatic heterocycles. The highest BCUT2D eigenvalue weighted by molar-refractivity contribution is 5.96. The van der Waals surface area contributed by atoms with Gasteiger partial charge in [-0.1, -0.05) is 206 Å². The standard InChI is InChI=1S/C62H48N2O.2C2H6/c1-5-13-58-53(6-2)55-16-10-11-19-59(55)64(58)52-36-28-47(29-37-52)46-26-34-50(35-27-46)63(49-32-24-45(25-33-49)44-22-20-43(21-23-44)42-14-8-7-9-15-42)51-38-30-48(31-39-51)54-17-12-18-56-57-40-62(3,4)41-60(57)65-61(54)56;2*1-2/h5-41H,2H2,1,3-4H3;2*1-2H3/b13-5-;;. The molecule has 0 saturated heterocycles. The van der Waals surface area contributed by atoms with Gasteiger partial charge < -0.3 is 13.9 Å². The fourth-order valence-corrected chi connectivity index (χ4v) is 9.62. The van der Waals surface area contributed by atoms with Gasteiger partial charge in [0.2, 0.25) is 0 Å². The number of benzene rings is 8. The largest absolute Gasteiger partial charge is 0.456 e. The van der Waals surface area contributed by atoms with Crippen LogP contribution in [0.5, 0.6) is 0 Å². The first-order valence-corrected chi connectivity index (χ1v) is 24.4. The van der Waals surface area contributed by atoms with E-state index in [9.17, 15) is 0 Å². The minimum Gasteiger partial charge on any atom is -0.456 e. The summed E-state index contributed by atoms with van der Waals surface area (Å²) in [5, 5.41) is 3.55. The molecule has 8 aromatic carbocycles. The Bertz CT molecular complexity index is 3530. The van der Waals surface area contributed by atoms with Crippen molar-refractivity contribution in [2.45, 2.75) is 48.5 Å². The number of fused-ring (bicyclic) bond motifs is 4. The highest BCUT2D eigenvalue weighted by atomic mass is 16.3. The maximum Gasteiger partial charge on any atom is 0.143 e. The highest BCUT2D eigenvalue weighted by Crippen LogP contribution is 2.39. The molecule has 11 rings (SSSR count). The third-order valence-electron chi connectivity index (χ3n) is 12.8. The van der Waals surface area contributed by atoms with E-state index in [1.165, 1.54) is 32.9 Å². The number of furan rings is 1. The summed E-state index contributed by atoms with van der Waals surface area (Å²) in [6, 6.07) is 70.0. The van der Waals surface area contributed by atoms with Crippen molar-refractivity contribution in [2.75, 3.05) is 4.90 Å². The van der Waals surface area contributed by atoms with Gasteiger partial charge in [-0.2, -0.15) is 0 Å². The molecule has 10 aromatic rings. The summed E-state index contributed by atoms with van der Waals surface area (Å²) < 4.78 is 8.86. The third-order valence-corrected chi connectivity index (χ3v) is 12.8. The first kappa shape index (κ1) is 46.0. The average molecular weight is 897 g/mol. The molecule has 0 bridgehead atoms. The minimum atomic E-state index is -0.0111. The van der Waals surface area contributed by atoms with Crippen molar-refractivity contribution in [3.8, 4) is 50.2 Å². The molecule has 0 spiro atoms. The molecule has 0 radical (unpaired) electrons. The Morgan fingerprint density at radius 1 is 0.493 bits per heavy atom. The van der Waals surface area contributed by atoms with E-state index in [0.29, 0.717) is 0 Å². The van der Waals surface area contributed by atoms with E-state index in [0.717, 1.165) is 78.2 Å². The number of aromatic nitrogens is 1. The normalized spacial score (nSPS) is 12.3. The van der Waals surface area contributed by atoms with Crippen LogP contribution in [0, 0.1) is 5.41 Å². The minimum absolute atomic E-state index is 0.0111. The lowest BCUT2D eigenvalue weighted by Crippen LogP contribution is -2.15. The summed E-state index contributed by atoms with van der Waals surface area (Å²) in [4.78, 5) is 2.34. The van der Waals surface area contributed by atoms with Crippen LogP contribution in [0.3, 0.4) is 0 Å². The molecule has 0 unspecified atom stereocenters. The number of nitrogens with zero attached hydrogens (tertiary/aromatic N) is 2. The van der Waals surface area contributed by atoms with Crippen LogP contribution in [-0.2, 0) is 0 Å². The Morgan fingerprint density at radius 2 is 0.957 bits per heavy atom. The average Bonchev–Trinajstić information content (AvgIpc) is 4.03. The Kier molecular flexibility index (Phi) is 13.3. The molecule has 3 nitrogen and oxygen atoms in total. The van der Waals surface area contributed by atoms with E-state index in [1.54, 1.807) is 0 Å². The predicted octanol–water partition coefficient (Wildman–Crippen LogP) is 17.8. The molecule has 0 saturated carbocycles. The second kappa shape index (κ2) is 20.0. The van der Waals surface area contributed by atoms with Crippen LogP contribution in [0.1, 0.15) is 59.7 Å². The molecule has 1 aliphatic carbocycles. The third kappa shape index (κ3) is 8.92. The smallest absolute Gasteiger partial charge is 0.143 e. The summed E-state index contributed by atoms with van der Waals surface area (Å²) in [7, 11) is 0. The molecule has 2 heterocycles. The zero-order valence-electron chi connectivity index (χ0n) is 40.9. The fourth-order valence-electron chi connectivity index (χ4n) is 9.62. The quantitative estimate of drug-likeness (QED) is 0.136. The Labute approximate surface area is 408 Å². The van der Waals surface area contributed by atoms with Gasteiger partial charge in [0, 0.05) is 55.3 Å². The summed E-state index contributed by atoms with van der Waals surface area (Å²) in [6.07, 6.45) is 10.8. The molecule has 340 valence electrons. The zero-order chi connectivity index (χ0) is 48.1. The lowest BCUT2D eigenvalue weighted by Gasteiger charge is -2.26. The molecular weight excluding hydrogens is 837 g/mol. The number of allylic oxidation sites excluding steroid dienone is 1. The first-order valence-electron chi connectivity index (χ1n) is 24.4. The molecule has 0 atom stereocenters. The molecule has 3 heteroatoms. The second-order valence-electron chi connectivity index (χ2n) is 17.5. The van der Waals surface area contributed by atoms with Crippen molar-refractivity contribution in [3.63, 3.8) is 0 Å². The summed E-state index contributed by atoms with van der Waals surface area (Å²) in [5.74, 6) is 0. The van der Waals surface area contributed by atoms with E-state index in [-0.39, 0.29) is 5.41 Å². The van der Waals surface area contributed by atoms with Crippen LogP contribution in [0.25, 0.3) is 96.4 Å². The van der Waals surface area contributed by atoms with Gasteiger partial charge >= 0.3 is 0 Å². The lowest BCUT2D eigenvalue weighted by molar-refractivity contribution is 0.571. The van der Waals surface area contributed by atoms with Gasteiger partial charge in [-0.05, 0) is 113 Å². The summed E-state index contributed by atoms with van der Waals surface area (Å²) >= 11 is 0. The monoisotopic (exact) mass is 896 g/mol. The predicted molar refractivity (Wildman–Crippen MR) is 299 cm³/mol. The Hall–Kier alpha value is -8.14. The maximum atomic E-state index is 6.53. The van der Waals surface area contributed by atoms with Crippen molar-refractivity contribution < 1.29 is 4.42 Å². The van der Waals surface area contributed by atoms with Crippen molar-refractivity contribution in [3.05, 3.63) is 229 Å². The second-order valence-corrected chi connectivity index (χ2v) is 17.5. The van der Waals surface area contributed by atoms with E-state index < -0.39 is 0 Å². The molecule has 1 aliphatic rings. The van der Waals surface area contributed by atoms with Gasteiger partial charge in [-0.15, -0.1) is 0 Å². The lowest BCUT2D eigenvalue weighted by atomic mass is 9.95. The molecule has 0 amide bonds. The van der Waals surface area contributed by atoms with E-state index in [1.807, 2.05) is 33.8 Å². The van der Waals surface area contributed by atoms with Crippen LogP contribution in [0.2, 0.25) is 0 Å². The Balaban J connectivity index is 0.00000145. The molecular formula is C66H60N2O. The zero-order valence-corrected chi connectivity index (χ0v) is 40.9. The van der Waals surface area contributed by atoms with Crippen LogP contribution < -0.4 is 15.5 Å². The van der Waals surface area contributed by atoms with Gasteiger partial charge in [-0.3, -0.25) is 0 Å². The van der Waals surface area contributed by atoms with Crippen molar-refractivity contribution in [1.29, 1.82) is 0 Å². The van der Waals surface area contributed by atoms with Crippen molar-refractivity contribution >= 4 is 63.2 Å². The van der Waals surface area contributed by atoms with Crippen LogP contribution in [0.4, 0.5) is 17.1 Å². The van der Waals surface area contributed by atoms with Crippen LogP contribution in [0.15, 0.2) is 211 Å². The van der Waals surface area contributed by atoms with Gasteiger partial charge in [0.25, 0.3) is 0 Å².